The molecule has 0 fully saturated rings. The minimum atomic E-state index is -0.130. The van der Waals surface area contributed by atoms with Crippen molar-refractivity contribution in [1.29, 1.82) is 0 Å². The zero-order valence-corrected chi connectivity index (χ0v) is 12.7. The maximum absolute atomic E-state index is 13.9. The van der Waals surface area contributed by atoms with Crippen molar-refractivity contribution in [2.45, 2.75) is 24.3 Å². The Morgan fingerprint density at radius 1 is 1.30 bits per heavy atom. The van der Waals surface area contributed by atoms with E-state index in [1.54, 1.807) is 17.8 Å². The molecular weight excluding hydrogens is 293 g/mol. The number of hydrogen-bond acceptors (Lipinski definition) is 2. The van der Waals surface area contributed by atoms with Gasteiger partial charge in [0.15, 0.2) is 0 Å². The first-order valence-corrected chi connectivity index (χ1v) is 7.95. The first-order valence-electron chi connectivity index (χ1n) is 6.59. The van der Waals surface area contributed by atoms with E-state index in [4.69, 9.17) is 11.6 Å². The molecule has 0 amide bonds. The number of aryl methyl sites for hydroxylation is 1. The van der Waals surface area contributed by atoms with Crippen molar-refractivity contribution >= 4 is 29.1 Å². The molecule has 1 N–H and O–H groups in total. The van der Waals surface area contributed by atoms with Crippen LogP contribution in [-0.2, 0) is 0 Å². The summed E-state index contributed by atoms with van der Waals surface area (Å²) in [4.78, 5) is 0.764. The highest BCUT2D eigenvalue weighted by Gasteiger charge is 2.23. The molecular formula is C16H15ClFNS. The maximum atomic E-state index is 13.9. The van der Waals surface area contributed by atoms with Crippen LogP contribution in [0.1, 0.15) is 23.6 Å². The third-order valence-corrected chi connectivity index (χ3v) is 4.97. The number of nitrogens with one attached hydrogen (secondary N) is 1. The first-order chi connectivity index (χ1) is 9.65. The highest BCUT2D eigenvalue weighted by atomic mass is 35.5. The van der Waals surface area contributed by atoms with Crippen molar-refractivity contribution in [3.63, 3.8) is 0 Å². The molecule has 2 aromatic rings. The topological polar surface area (TPSA) is 12.0 Å². The van der Waals surface area contributed by atoms with Crippen molar-refractivity contribution in [3.8, 4) is 0 Å². The molecule has 1 aliphatic rings. The van der Waals surface area contributed by atoms with E-state index in [9.17, 15) is 4.39 Å². The van der Waals surface area contributed by atoms with Gasteiger partial charge in [-0.25, -0.2) is 4.39 Å². The predicted molar refractivity (Wildman–Crippen MR) is 84.3 cm³/mol. The van der Waals surface area contributed by atoms with Gasteiger partial charge in [-0.2, -0.15) is 0 Å². The largest absolute Gasteiger partial charge is 0.377 e. The van der Waals surface area contributed by atoms with Crippen LogP contribution >= 0.6 is 23.4 Å². The molecule has 0 saturated heterocycles. The average molecular weight is 308 g/mol. The molecule has 0 spiro atoms. The Bertz CT molecular complexity index is 644. The van der Waals surface area contributed by atoms with Crippen molar-refractivity contribution in [2.24, 2.45) is 0 Å². The van der Waals surface area contributed by atoms with Crippen LogP contribution in [0.3, 0.4) is 0 Å². The van der Waals surface area contributed by atoms with Crippen molar-refractivity contribution in [1.82, 2.24) is 0 Å². The van der Waals surface area contributed by atoms with E-state index in [0.717, 1.165) is 33.9 Å². The normalized spacial score (nSPS) is 17.6. The highest BCUT2D eigenvalue weighted by molar-refractivity contribution is 7.99. The summed E-state index contributed by atoms with van der Waals surface area (Å²) in [6, 6.07) is 11.3. The van der Waals surface area contributed by atoms with Gasteiger partial charge in [-0.3, -0.25) is 0 Å². The second-order valence-electron chi connectivity index (χ2n) is 4.98. The van der Waals surface area contributed by atoms with Gasteiger partial charge in [-0.05, 0) is 42.7 Å². The average Bonchev–Trinajstić information content (AvgIpc) is 2.44. The minimum Gasteiger partial charge on any atom is -0.377 e. The van der Waals surface area contributed by atoms with E-state index in [1.165, 1.54) is 6.07 Å². The van der Waals surface area contributed by atoms with Gasteiger partial charge in [-0.1, -0.05) is 29.8 Å². The summed E-state index contributed by atoms with van der Waals surface area (Å²) in [6.07, 6.45) is 0.964. The number of anilines is 1. The molecule has 0 bridgehead atoms. The standard InChI is InChI=1S/C16H15ClFNS/c1-10-5-6-12(17)15(9-10)19-14-7-8-20-16-11(14)3-2-4-13(16)18/h2-6,9,14,19H,7-8H2,1H3. The Kier molecular flexibility index (Phi) is 3.90. The van der Waals surface area contributed by atoms with Crippen LogP contribution in [0.25, 0.3) is 0 Å². The number of hydrogen-bond donors (Lipinski definition) is 1. The van der Waals surface area contributed by atoms with Gasteiger partial charge < -0.3 is 5.32 Å². The Morgan fingerprint density at radius 2 is 2.15 bits per heavy atom. The molecule has 2 aromatic carbocycles. The molecule has 1 unspecified atom stereocenters. The van der Waals surface area contributed by atoms with E-state index >= 15 is 0 Å². The first kappa shape index (κ1) is 13.8. The lowest BCUT2D eigenvalue weighted by atomic mass is 10.0. The van der Waals surface area contributed by atoms with E-state index in [0.29, 0.717) is 5.02 Å². The summed E-state index contributed by atoms with van der Waals surface area (Å²) in [7, 11) is 0. The molecule has 1 nitrogen and oxygen atoms in total. The minimum absolute atomic E-state index is 0.112. The molecule has 20 heavy (non-hydrogen) atoms. The molecule has 0 aliphatic carbocycles. The van der Waals surface area contributed by atoms with Gasteiger partial charge in [0.2, 0.25) is 0 Å². The van der Waals surface area contributed by atoms with Gasteiger partial charge in [0.25, 0.3) is 0 Å². The molecule has 0 aromatic heterocycles. The summed E-state index contributed by atoms with van der Waals surface area (Å²) in [5.74, 6) is 0.781. The van der Waals surface area contributed by atoms with Gasteiger partial charge in [0.1, 0.15) is 5.82 Å². The van der Waals surface area contributed by atoms with Crippen LogP contribution in [0.4, 0.5) is 10.1 Å². The molecule has 0 saturated carbocycles. The van der Waals surface area contributed by atoms with E-state index < -0.39 is 0 Å². The quantitative estimate of drug-likeness (QED) is 0.793. The van der Waals surface area contributed by atoms with Gasteiger partial charge in [0, 0.05) is 10.6 Å². The molecule has 0 radical (unpaired) electrons. The Balaban J connectivity index is 1.94. The highest BCUT2D eigenvalue weighted by Crippen LogP contribution is 2.40. The third-order valence-electron chi connectivity index (χ3n) is 3.48. The Labute approximate surface area is 127 Å². The monoisotopic (exact) mass is 307 g/mol. The number of fused-ring (bicyclic) bond motifs is 1. The third kappa shape index (κ3) is 2.65. The number of thioether (sulfide) groups is 1. The fraction of sp³-hybridized carbons (Fsp3) is 0.250. The van der Waals surface area contributed by atoms with Crippen LogP contribution in [0.15, 0.2) is 41.3 Å². The van der Waals surface area contributed by atoms with Crippen LogP contribution < -0.4 is 5.32 Å². The van der Waals surface area contributed by atoms with Crippen molar-refractivity contribution in [2.75, 3.05) is 11.1 Å². The van der Waals surface area contributed by atoms with E-state index in [-0.39, 0.29) is 11.9 Å². The Morgan fingerprint density at radius 3 is 3.00 bits per heavy atom. The molecule has 3 rings (SSSR count). The van der Waals surface area contributed by atoms with Crippen molar-refractivity contribution in [3.05, 3.63) is 58.4 Å². The van der Waals surface area contributed by atoms with Gasteiger partial charge in [-0.15, -0.1) is 11.8 Å². The Hall–Kier alpha value is -1.19. The maximum Gasteiger partial charge on any atom is 0.137 e. The summed E-state index contributed by atoms with van der Waals surface area (Å²) in [6.45, 7) is 2.03. The summed E-state index contributed by atoms with van der Waals surface area (Å²) in [5, 5.41) is 4.16. The SMILES string of the molecule is Cc1ccc(Cl)c(NC2CCSc3c(F)cccc32)c1. The zero-order chi connectivity index (χ0) is 14.1. The van der Waals surface area contributed by atoms with E-state index in [2.05, 4.69) is 5.32 Å². The molecule has 1 heterocycles. The molecule has 1 aliphatic heterocycles. The number of rotatable bonds is 2. The lowest BCUT2D eigenvalue weighted by Gasteiger charge is -2.27. The number of halogens is 2. The van der Waals surface area contributed by atoms with Crippen molar-refractivity contribution < 1.29 is 4.39 Å². The lowest BCUT2D eigenvalue weighted by Crippen LogP contribution is -2.17. The molecule has 4 heteroatoms. The fourth-order valence-corrected chi connectivity index (χ4v) is 3.79. The second kappa shape index (κ2) is 5.66. The lowest BCUT2D eigenvalue weighted by molar-refractivity contribution is 0.585. The van der Waals surface area contributed by atoms with Crippen LogP contribution in [0.5, 0.6) is 0 Å². The smallest absolute Gasteiger partial charge is 0.137 e. The molecule has 1 atom stereocenters. The summed E-state index contributed by atoms with van der Waals surface area (Å²) < 4.78 is 13.9. The van der Waals surface area contributed by atoms with Gasteiger partial charge >= 0.3 is 0 Å². The van der Waals surface area contributed by atoms with E-state index in [1.807, 2.05) is 31.2 Å². The zero-order valence-electron chi connectivity index (χ0n) is 11.1. The predicted octanol–water partition coefficient (Wildman–Crippen LogP) is 5.44. The second-order valence-corrected chi connectivity index (χ2v) is 6.49. The van der Waals surface area contributed by atoms with Crippen LogP contribution in [0, 0.1) is 12.7 Å². The van der Waals surface area contributed by atoms with Crippen LogP contribution in [-0.4, -0.2) is 5.75 Å². The fourth-order valence-electron chi connectivity index (χ4n) is 2.47. The molecule has 104 valence electrons. The summed E-state index contributed by atoms with van der Waals surface area (Å²) in [5.41, 5.74) is 3.10. The summed E-state index contributed by atoms with van der Waals surface area (Å²) >= 11 is 7.82. The van der Waals surface area contributed by atoms with Gasteiger partial charge in [0.05, 0.1) is 16.8 Å². The number of benzene rings is 2. The van der Waals surface area contributed by atoms with Crippen LogP contribution in [0.2, 0.25) is 5.02 Å².